The van der Waals surface area contributed by atoms with Gasteiger partial charge in [0, 0.05) is 23.0 Å². The predicted molar refractivity (Wildman–Crippen MR) is 157 cm³/mol. The summed E-state index contributed by atoms with van der Waals surface area (Å²) in [4.78, 5) is 11.9. The molecule has 3 aromatic heterocycles. The van der Waals surface area contributed by atoms with Crippen LogP contribution in [0.4, 0.5) is 5.69 Å². The van der Waals surface area contributed by atoms with E-state index in [0.717, 1.165) is 61.3 Å². The number of para-hydroxylation sites is 1. The number of rotatable bonds is 3. The second kappa shape index (κ2) is 9.46. The van der Waals surface area contributed by atoms with Crippen molar-refractivity contribution in [3.8, 4) is 17.1 Å². The van der Waals surface area contributed by atoms with Crippen molar-refractivity contribution in [2.45, 2.75) is 38.5 Å². The summed E-state index contributed by atoms with van der Waals surface area (Å²) in [5, 5.41) is 1.33. The molecule has 1 aromatic carbocycles. The van der Waals surface area contributed by atoms with E-state index in [-0.39, 0.29) is 0 Å². The van der Waals surface area contributed by atoms with Gasteiger partial charge in [0.15, 0.2) is 0 Å². The molecule has 0 amide bonds. The highest BCUT2D eigenvalue weighted by Gasteiger charge is 2.20. The maximum absolute atomic E-state index is 4.84. The number of nitrogens with zero attached hydrogens (tertiary/aromatic N) is 4. The minimum absolute atomic E-state index is 0.869. The van der Waals surface area contributed by atoms with E-state index in [0.29, 0.717) is 0 Å². The summed E-state index contributed by atoms with van der Waals surface area (Å²) in [6, 6.07) is 17.1. The van der Waals surface area contributed by atoms with Crippen LogP contribution in [0.25, 0.3) is 34.1 Å². The zero-order chi connectivity index (χ0) is 25.5. The van der Waals surface area contributed by atoms with Gasteiger partial charge >= 0.3 is 0 Å². The summed E-state index contributed by atoms with van der Waals surface area (Å²) >= 11 is 0. The number of pyridine rings is 2. The first-order valence-corrected chi connectivity index (χ1v) is 13.5. The molecule has 0 radical (unpaired) electrons. The molecule has 0 bridgehead atoms. The summed E-state index contributed by atoms with van der Waals surface area (Å²) < 4.78 is 2.33. The van der Waals surface area contributed by atoms with Crippen LogP contribution in [0.1, 0.15) is 43.4 Å². The molecule has 186 valence electrons. The van der Waals surface area contributed by atoms with Crippen LogP contribution in [0.2, 0.25) is 0 Å². The van der Waals surface area contributed by atoms with Gasteiger partial charge in [0.05, 0.1) is 40.7 Å². The van der Waals surface area contributed by atoms with Gasteiger partial charge < -0.3 is 9.47 Å². The Balaban J connectivity index is 1.21. The zero-order valence-electron chi connectivity index (χ0n) is 21.5. The summed E-state index contributed by atoms with van der Waals surface area (Å²) in [7, 11) is 0. The number of aryl methyl sites for hydroxylation is 1. The van der Waals surface area contributed by atoms with Crippen molar-refractivity contribution < 1.29 is 0 Å². The Morgan fingerprint density at radius 2 is 1.45 bits per heavy atom. The predicted octanol–water partition coefficient (Wildman–Crippen LogP) is 8.32. The smallest absolute Gasteiger partial charge is 0.0887 e. The van der Waals surface area contributed by atoms with Gasteiger partial charge in [-0.3, -0.25) is 9.97 Å². The fourth-order valence-electron chi connectivity index (χ4n) is 5.94. The zero-order valence-corrected chi connectivity index (χ0v) is 21.5. The molecule has 0 fully saturated rings. The lowest BCUT2D eigenvalue weighted by atomic mass is 9.91. The van der Waals surface area contributed by atoms with Gasteiger partial charge in [-0.1, -0.05) is 43.0 Å². The monoisotopic (exact) mass is 494 g/mol. The van der Waals surface area contributed by atoms with Crippen LogP contribution in [-0.2, 0) is 6.42 Å². The van der Waals surface area contributed by atoms with Gasteiger partial charge in [-0.2, -0.15) is 0 Å². The molecule has 4 aromatic rings. The molecule has 38 heavy (non-hydrogen) atoms. The second-order valence-electron chi connectivity index (χ2n) is 10.2. The van der Waals surface area contributed by atoms with Crippen molar-refractivity contribution in [2.75, 3.05) is 4.90 Å². The molecule has 0 saturated heterocycles. The van der Waals surface area contributed by atoms with E-state index < -0.39 is 0 Å². The molecule has 7 rings (SSSR count). The van der Waals surface area contributed by atoms with E-state index in [1.807, 2.05) is 12.4 Å². The van der Waals surface area contributed by atoms with Gasteiger partial charge in [0.25, 0.3) is 0 Å². The Morgan fingerprint density at radius 3 is 2.26 bits per heavy atom. The lowest BCUT2D eigenvalue weighted by Crippen LogP contribution is -2.19. The van der Waals surface area contributed by atoms with E-state index in [1.165, 1.54) is 39.0 Å². The molecule has 4 nitrogen and oxygen atoms in total. The fourth-order valence-corrected chi connectivity index (χ4v) is 5.94. The van der Waals surface area contributed by atoms with Crippen molar-refractivity contribution in [3.05, 3.63) is 126 Å². The summed E-state index contributed by atoms with van der Waals surface area (Å²) in [5.74, 6) is 0. The maximum atomic E-state index is 4.84. The standard InChI is InChI=1S/C34H30N4/c1-24-10-8-9-21-37(32-14-5-2-11-27(24)32)25-17-19-30(35-22-25)31-20-18-26(23-36-31)38-33-15-6-3-12-28(33)29-13-4-7-16-34(29)38/h3,5-7,9,12,14-23H,1-2,4,8,10-11,13H2/b21-9-. The molecule has 0 unspecified atom stereocenters. The first-order chi connectivity index (χ1) is 18.8. The largest absolute Gasteiger partial charge is 0.316 e. The van der Waals surface area contributed by atoms with Crippen molar-refractivity contribution in [2.24, 2.45) is 0 Å². The Labute approximate surface area is 223 Å². The number of allylic oxidation sites excluding steroid dienone is 6. The highest BCUT2D eigenvalue weighted by molar-refractivity contribution is 5.90. The highest BCUT2D eigenvalue weighted by atomic mass is 15.1. The van der Waals surface area contributed by atoms with Gasteiger partial charge in [-0.05, 0) is 97.7 Å². The Morgan fingerprint density at radius 1 is 0.711 bits per heavy atom. The second-order valence-corrected chi connectivity index (χ2v) is 10.2. The molecule has 0 N–H and O–H groups in total. The van der Waals surface area contributed by atoms with E-state index in [1.54, 1.807) is 0 Å². The van der Waals surface area contributed by atoms with E-state index >= 15 is 0 Å². The number of anilines is 1. The lowest BCUT2D eigenvalue weighted by Gasteiger charge is -2.29. The van der Waals surface area contributed by atoms with Crippen LogP contribution >= 0.6 is 0 Å². The third kappa shape index (κ3) is 3.84. The number of hydrogen-bond acceptors (Lipinski definition) is 3. The van der Waals surface area contributed by atoms with Crippen LogP contribution in [0, 0.1) is 0 Å². The normalized spacial score (nSPS) is 17.8. The summed E-state index contributed by atoms with van der Waals surface area (Å²) in [6.45, 7) is 4.37. The first-order valence-electron chi connectivity index (χ1n) is 13.5. The number of hydrogen-bond donors (Lipinski definition) is 0. The van der Waals surface area contributed by atoms with E-state index in [4.69, 9.17) is 9.97 Å². The van der Waals surface area contributed by atoms with Crippen LogP contribution < -0.4 is 4.90 Å². The SMILES string of the molecule is C=C1CC/C=C\N(c2ccc(-c3ccc(-n4c5c(c6ccccc64)CCC=C5)cn3)nc2)C2=C1CCC=C2. The number of benzene rings is 1. The van der Waals surface area contributed by atoms with Crippen LogP contribution in [0.3, 0.4) is 0 Å². The third-order valence-corrected chi connectivity index (χ3v) is 7.85. The molecule has 4 heterocycles. The van der Waals surface area contributed by atoms with Crippen molar-refractivity contribution in [1.82, 2.24) is 14.5 Å². The minimum Gasteiger partial charge on any atom is -0.316 e. The van der Waals surface area contributed by atoms with Gasteiger partial charge in [-0.25, -0.2) is 0 Å². The van der Waals surface area contributed by atoms with Crippen molar-refractivity contribution in [3.63, 3.8) is 0 Å². The third-order valence-electron chi connectivity index (χ3n) is 7.85. The quantitative estimate of drug-likeness (QED) is 0.287. The Hall–Kier alpha value is -4.44. The fraction of sp³-hybridized carbons (Fsp3) is 0.176. The number of fused-ring (bicyclic) bond motifs is 3. The Kier molecular flexibility index (Phi) is 5.66. The summed E-state index contributed by atoms with van der Waals surface area (Å²) in [5.41, 5.74) is 11.6. The average molecular weight is 495 g/mol. The van der Waals surface area contributed by atoms with Crippen LogP contribution in [0.15, 0.2) is 115 Å². The molecule has 1 aliphatic heterocycles. The molecular formula is C34H30N4. The molecule has 3 aliphatic rings. The lowest BCUT2D eigenvalue weighted by molar-refractivity contribution is 0.870. The molecule has 0 atom stereocenters. The van der Waals surface area contributed by atoms with Gasteiger partial charge in [0.2, 0.25) is 0 Å². The topological polar surface area (TPSA) is 34.0 Å². The summed E-state index contributed by atoms with van der Waals surface area (Å²) in [6.07, 6.45) is 23.7. The molecule has 4 heteroatoms. The van der Waals surface area contributed by atoms with E-state index in [9.17, 15) is 0 Å². The molecular weight excluding hydrogens is 464 g/mol. The van der Waals surface area contributed by atoms with Gasteiger partial charge in [0.1, 0.15) is 0 Å². The maximum Gasteiger partial charge on any atom is 0.0887 e. The van der Waals surface area contributed by atoms with Crippen LogP contribution in [-0.4, -0.2) is 14.5 Å². The molecule has 0 spiro atoms. The average Bonchev–Trinajstić information content (AvgIpc) is 3.31. The minimum atomic E-state index is 0.869. The first kappa shape index (κ1) is 22.7. The molecule has 2 aliphatic carbocycles. The van der Waals surface area contributed by atoms with Crippen LogP contribution in [0.5, 0.6) is 0 Å². The van der Waals surface area contributed by atoms with E-state index in [2.05, 4.69) is 101 Å². The number of aromatic nitrogens is 3. The van der Waals surface area contributed by atoms with Crippen molar-refractivity contribution >= 4 is 22.7 Å². The van der Waals surface area contributed by atoms with Gasteiger partial charge in [-0.15, -0.1) is 0 Å². The highest BCUT2D eigenvalue weighted by Crippen LogP contribution is 2.36. The molecule has 0 saturated carbocycles. The van der Waals surface area contributed by atoms with Crippen molar-refractivity contribution in [1.29, 1.82) is 0 Å². The Bertz CT molecular complexity index is 1660.